The van der Waals surface area contributed by atoms with Gasteiger partial charge in [-0.05, 0) is 56.2 Å². The molecule has 1 amide bonds. The molecule has 0 aliphatic carbocycles. The largest absolute Gasteiger partial charge is 0.481 e. The third kappa shape index (κ3) is 3.51. The number of carbonyl (C=O) groups is 1. The van der Waals surface area contributed by atoms with Crippen LogP contribution in [0.3, 0.4) is 0 Å². The van der Waals surface area contributed by atoms with Crippen LogP contribution >= 0.6 is 11.3 Å². The normalized spacial score (nSPS) is 12.1. The summed E-state index contributed by atoms with van der Waals surface area (Å²) in [7, 11) is 0. The summed E-state index contributed by atoms with van der Waals surface area (Å²) >= 11 is 1.47. The van der Waals surface area contributed by atoms with E-state index in [0.717, 1.165) is 10.2 Å². The molecule has 2 aromatic carbocycles. The quantitative estimate of drug-likeness (QED) is 0.777. The SMILES string of the molecule is Cc1cc2nc(NC(=O)C(C)Oc3ccccc3)sc2cc1C. The Kier molecular flexibility index (Phi) is 4.30. The van der Waals surface area contributed by atoms with E-state index in [0.29, 0.717) is 10.9 Å². The number of aryl methyl sites for hydroxylation is 2. The number of amides is 1. The van der Waals surface area contributed by atoms with Gasteiger partial charge in [-0.3, -0.25) is 10.1 Å². The van der Waals surface area contributed by atoms with Crippen LogP contribution in [0.1, 0.15) is 18.1 Å². The molecular formula is C18H18N2O2S. The second kappa shape index (κ2) is 6.38. The van der Waals surface area contributed by atoms with E-state index in [9.17, 15) is 4.79 Å². The number of hydrogen-bond donors (Lipinski definition) is 1. The molecular weight excluding hydrogens is 308 g/mol. The zero-order valence-electron chi connectivity index (χ0n) is 13.3. The first kappa shape index (κ1) is 15.5. The van der Waals surface area contributed by atoms with E-state index in [1.165, 1.54) is 22.5 Å². The second-order valence-electron chi connectivity index (χ2n) is 5.49. The maximum atomic E-state index is 12.3. The lowest BCUT2D eigenvalue weighted by atomic mass is 10.1. The fourth-order valence-electron chi connectivity index (χ4n) is 2.20. The van der Waals surface area contributed by atoms with Gasteiger partial charge in [-0.15, -0.1) is 0 Å². The highest BCUT2D eigenvalue weighted by Crippen LogP contribution is 2.28. The topological polar surface area (TPSA) is 51.2 Å². The van der Waals surface area contributed by atoms with Crippen LogP contribution in [0.4, 0.5) is 5.13 Å². The van der Waals surface area contributed by atoms with Gasteiger partial charge in [0.2, 0.25) is 0 Å². The number of carbonyl (C=O) groups excluding carboxylic acids is 1. The van der Waals surface area contributed by atoms with Crippen LogP contribution in [0.5, 0.6) is 5.75 Å². The summed E-state index contributed by atoms with van der Waals surface area (Å²) in [5.41, 5.74) is 3.33. The first-order valence-electron chi connectivity index (χ1n) is 7.43. The monoisotopic (exact) mass is 326 g/mol. The number of hydrogen-bond acceptors (Lipinski definition) is 4. The number of anilines is 1. The van der Waals surface area contributed by atoms with Crippen molar-refractivity contribution in [3.8, 4) is 5.75 Å². The molecule has 1 unspecified atom stereocenters. The smallest absolute Gasteiger partial charge is 0.266 e. The summed E-state index contributed by atoms with van der Waals surface area (Å²) in [6.45, 7) is 5.86. The molecule has 0 aliphatic heterocycles. The van der Waals surface area contributed by atoms with E-state index in [-0.39, 0.29) is 5.91 Å². The van der Waals surface area contributed by atoms with Crippen molar-refractivity contribution in [1.82, 2.24) is 4.98 Å². The molecule has 0 bridgehead atoms. The fraction of sp³-hybridized carbons (Fsp3) is 0.222. The lowest BCUT2D eigenvalue weighted by Gasteiger charge is -2.13. The predicted octanol–water partition coefficient (Wildman–Crippen LogP) is 4.32. The molecule has 118 valence electrons. The Hall–Kier alpha value is -2.40. The van der Waals surface area contributed by atoms with Crippen LogP contribution < -0.4 is 10.1 Å². The van der Waals surface area contributed by atoms with Gasteiger partial charge in [0.1, 0.15) is 5.75 Å². The second-order valence-corrected chi connectivity index (χ2v) is 6.52. The van der Waals surface area contributed by atoms with Gasteiger partial charge in [0, 0.05) is 0 Å². The van der Waals surface area contributed by atoms with Gasteiger partial charge in [-0.25, -0.2) is 4.98 Å². The number of ether oxygens (including phenoxy) is 1. The summed E-state index contributed by atoms with van der Waals surface area (Å²) < 4.78 is 6.69. The number of aromatic nitrogens is 1. The molecule has 1 heterocycles. The van der Waals surface area contributed by atoms with Crippen molar-refractivity contribution in [3.63, 3.8) is 0 Å². The lowest BCUT2D eigenvalue weighted by Crippen LogP contribution is -2.30. The fourth-order valence-corrected chi connectivity index (χ4v) is 3.15. The van der Waals surface area contributed by atoms with Crippen molar-refractivity contribution < 1.29 is 9.53 Å². The molecule has 5 heteroatoms. The van der Waals surface area contributed by atoms with Gasteiger partial charge in [0.05, 0.1) is 10.2 Å². The first-order valence-corrected chi connectivity index (χ1v) is 8.25. The lowest BCUT2D eigenvalue weighted by molar-refractivity contribution is -0.122. The van der Waals surface area contributed by atoms with E-state index in [4.69, 9.17) is 4.74 Å². The van der Waals surface area contributed by atoms with Gasteiger partial charge in [0.15, 0.2) is 11.2 Å². The van der Waals surface area contributed by atoms with Crippen LogP contribution in [-0.4, -0.2) is 17.0 Å². The van der Waals surface area contributed by atoms with Crippen molar-refractivity contribution in [1.29, 1.82) is 0 Å². The van der Waals surface area contributed by atoms with Crippen LogP contribution in [0, 0.1) is 13.8 Å². The Morgan fingerprint density at radius 2 is 1.87 bits per heavy atom. The first-order chi connectivity index (χ1) is 11.0. The number of para-hydroxylation sites is 1. The Bertz CT molecular complexity index is 804. The van der Waals surface area contributed by atoms with Crippen LogP contribution in [-0.2, 0) is 4.79 Å². The van der Waals surface area contributed by atoms with Crippen LogP contribution in [0.2, 0.25) is 0 Å². The standard InChI is InChI=1S/C18H18N2O2S/c1-11-9-15-16(10-12(11)2)23-18(19-15)20-17(21)13(3)22-14-7-5-4-6-8-14/h4-10,13H,1-3H3,(H,19,20,21). The Labute approximate surface area is 139 Å². The third-order valence-electron chi connectivity index (χ3n) is 3.66. The van der Waals surface area contributed by atoms with Gasteiger partial charge in [-0.1, -0.05) is 29.5 Å². The van der Waals surface area contributed by atoms with Crippen molar-refractivity contribution in [2.75, 3.05) is 5.32 Å². The van der Waals surface area contributed by atoms with Crippen molar-refractivity contribution in [3.05, 3.63) is 53.6 Å². The average Bonchev–Trinajstić information content (AvgIpc) is 2.89. The molecule has 0 spiro atoms. The summed E-state index contributed by atoms with van der Waals surface area (Å²) in [4.78, 5) is 16.7. The molecule has 0 saturated heterocycles. The van der Waals surface area contributed by atoms with Crippen molar-refractivity contribution >= 4 is 32.6 Å². The number of thiazole rings is 1. The predicted molar refractivity (Wildman–Crippen MR) is 94.3 cm³/mol. The highest BCUT2D eigenvalue weighted by atomic mass is 32.1. The molecule has 0 saturated carbocycles. The minimum absolute atomic E-state index is 0.207. The molecule has 1 N–H and O–H groups in total. The number of benzene rings is 2. The molecule has 23 heavy (non-hydrogen) atoms. The van der Waals surface area contributed by atoms with Crippen LogP contribution in [0.25, 0.3) is 10.2 Å². The molecule has 4 nitrogen and oxygen atoms in total. The van der Waals surface area contributed by atoms with E-state index in [2.05, 4.69) is 30.2 Å². The minimum Gasteiger partial charge on any atom is -0.481 e. The molecule has 0 radical (unpaired) electrons. The number of fused-ring (bicyclic) bond motifs is 1. The average molecular weight is 326 g/mol. The van der Waals surface area contributed by atoms with Gasteiger partial charge < -0.3 is 4.74 Å². The zero-order valence-corrected chi connectivity index (χ0v) is 14.1. The maximum Gasteiger partial charge on any atom is 0.266 e. The number of nitrogens with zero attached hydrogens (tertiary/aromatic N) is 1. The molecule has 3 rings (SSSR count). The van der Waals surface area contributed by atoms with Crippen LogP contribution in [0.15, 0.2) is 42.5 Å². The van der Waals surface area contributed by atoms with E-state index >= 15 is 0 Å². The summed E-state index contributed by atoms with van der Waals surface area (Å²) in [6.07, 6.45) is -0.590. The molecule has 1 aromatic heterocycles. The minimum atomic E-state index is -0.590. The van der Waals surface area contributed by atoms with E-state index < -0.39 is 6.10 Å². The van der Waals surface area contributed by atoms with E-state index in [1.54, 1.807) is 6.92 Å². The summed E-state index contributed by atoms with van der Waals surface area (Å²) in [5, 5.41) is 3.43. The highest BCUT2D eigenvalue weighted by Gasteiger charge is 2.17. The third-order valence-corrected chi connectivity index (χ3v) is 4.59. The maximum absolute atomic E-state index is 12.3. The Balaban J connectivity index is 1.72. The molecule has 0 aliphatic rings. The highest BCUT2D eigenvalue weighted by molar-refractivity contribution is 7.22. The summed E-state index contributed by atoms with van der Waals surface area (Å²) in [5.74, 6) is 0.465. The van der Waals surface area contributed by atoms with Crippen molar-refractivity contribution in [2.45, 2.75) is 26.9 Å². The molecule has 3 aromatic rings. The van der Waals surface area contributed by atoms with Gasteiger partial charge >= 0.3 is 0 Å². The van der Waals surface area contributed by atoms with Gasteiger partial charge in [-0.2, -0.15) is 0 Å². The Morgan fingerprint density at radius 3 is 2.61 bits per heavy atom. The van der Waals surface area contributed by atoms with E-state index in [1.807, 2.05) is 36.4 Å². The Morgan fingerprint density at radius 1 is 1.17 bits per heavy atom. The molecule has 0 fully saturated rings. The van der Waals surface area contributed by atoms with Crippen molar-refractivity contribution in [2.24, 2.45) is 0 Å². The zero-order chi connectivity index (χ0) is 16.4. The van der Waals surface area contributed by atoms with Gasteiger partial charge in [0.25, 0.3) is 5.91 Å². The molecule has 1 atom stereocenters. The number of rotatable bonds is 4. The summed E-state index contributed by atoms with van der Waals surface area (Å²) in [6, 6.07) is 13.4. The number of nitrogens with one attached hydrogen (secondary N) is 1.